The van der Waals surface area contributed by atoms with Crippen molar-refractivity contribution in [1.29, 1.82) is 0 Å². The van der Waals surface area contributed by atoms with Crippen molar-refractivity contribution in [3.63, 3.8) is 0 Å². The van der Waals surface area contributed by atoms with Crippen LogP contribution < -0.4 is 0 Å². The van der Waals surface area contributed by atoms with E-state index in [2.05, 4.69) is 60.4 Å². The number of rotatable bonds is 15. The van der Waals surface area contributed by atoms with E-state index in [1.165, 1.54) is 5.56 Å². The van der Waals surface area contributed by atoms with Crippen molar-refractivity contribution in [1.82, 2.24) is 4.90 Å². The molecular formula is C34H44NO5P. The van der Waals surface area contributed by atoms with Crippen LogP contribution in [0.3, 0.4) is 0 Å². The molecule has 7 heteroatoms. The fourth-order valence-electron chi connectivity index (χ4n) is 5.40. The van der Waals surface area contributed by atoms with Crippen LogP contribution in [0.2, 0.25) is 0 Å². The number of nitrogens with zero attached hydrogens (tertiary/aromatic N) is 1. The average Bonchev–Trinajstić information content (AvgIpc) is 3.00. The summed E-state index contributed by atoms with van der Waals surface area (Å²) in [6.07, 6.45) is 1.26. The van der Waals surface area contributed by atoms with Crippen LogP contribution in [0, 0.1) is 0 Å². The predicted molar refractivity (Wildman–Crippen MR) is 165 cm³/mol. The van der Waals surface area contributed by atoms with Crippen molar-refractivity contribution in [2.24, 2.45) is 0 Å². The van der Waals surface area contributed by atoms with E-state index in [1.54, 1.807) is 5.82 Å². The molecule has 0 bridgehead atoms. The van der Waals surface area contributed by atoms with Crippen molar-refractivity contribution >= 4 is 7.60 Å². The molecule has 1 saturated heterocycles. The zero-order valence-corrected chi connectivity index (χ0v) is 25.5. The lowest BCUT2D eigenvalue weighted by Gasteiger charge is -2.44. The molecule has 3 atom stereocenters. The van der Waals surface area contributed by atoms with Crippen LogP contribution in [-0.2, 0) is 36.3 Å². The van der Waals surface area contributed by atoms with E-state index in [-0.39, 0.29) is 18.2 Å². The predicted octanol–water partition coefficient (Wildman–Crippen LogP) is 8.16. The average molecular weight is 578 g/mol. The first-order valence-electron chi connectivity index (χ1n) is 14.7. The summed E-state index contributed by atoms with van der Waals surface area (Å²) in [6.45, 7) is 8.83. The zero-order chi connectivity index (χ0) is 28.9. The lowest BCUT2D eigenvalue weighted by Crippen LogP contribution is -2.50. The molecule has 1 aliphatic heterocycles. The number of piperidine rings is 1. The van der Waals surface area contributed by atoms with Crippen LogP contribution in [0.5, 0.6) is 0 Å². The monoisotopic (exact) mass is 577 g/mol. The van der Waals surface area contributed by atoms with E-state index in [0.29, 0.717) is 39.5 Å². The lowest BCUT2D eigenvalue weighted by atomic mass is 9.91. The van der Waals surface area contributed by atoms with Gasteiger partial charge < -0.3 is 18.5 Å². The van der Waals surface area contributed by atoms with Crippen molar-refractivity contribution in [3.8, 4) is 0 Å². The zero-order valence-electron chi connectivity index (χ0n) is 24.6. The number of hydrogen-bond donors (Lipinski definition) is 0. The van der Waals surface area contributed by atoms with Crippen LogP contribution in [0.15, 0.2) is 102 Å². The van der Waals surface area contributed by atoms with Gasteiger partial charge in [-0.05, 0) is 50.3 Å². The summed E-state index contributed by atoms with van der Waals surface area (Å²) >= 11 is 0. The number of hydrogen-bond acceptors (Lipinski definition) is 6. The molecule has 3 aromatic rings. The smallest absolute Gasteiger partial charge is 0.354 e. The summed E-state index contributed by atoms with van der Waals surface area (Å²) < 4.78 is 37.6. The van der Waals surface area contributed by atoms with E-state index in [4.69, 9.17) is 18.5 Å². The number of benzene rings is 3. The molecular weight excluding hydrogens is 533 g/mol. The van der Waals surface area contributed by atoms with Crippen LogP contribution in [0.4, 0.5) is 0 Å². The molecule has 0 spiro atoms. The van der Waals surface area contributed by atoms with Crippen molar-refractivity contribution in [2.45, 2.75) is 65.0 Å². The van der Waals surface area contributed by atoms with E-state index in [0.717, 1.165) is 29.7 Å². The summed E-state index contributed by atoms with van der Waals surface area (Å²) in [5, 5.41) is 0. The van der Waals surface area contributed by atoms with Gasteiger partial charge in [-0.2, -0.15) is 0 Å². The molecule has 0 radical (unpaired) electrons. The lowest BCUT2D eigenvalue weighted by molar-refractivity contribution is -0.0837. The molecule has 0 aliphatic carbocycles. The first-order chi connectivity index (χ1) is 20.0. The minimum absolute atomic E-state index is 0.00129. The maximum Gasteiger partial charge on any atom is 0.354 e. The van der Waals surface area contributed by atoms with Crippen LogP contribution in [-0.4, -0.2) is 43.4 Å². The van der Waals surface area contributed by atoms with Crippen LogP contribution in [0.1, 0.15) is 56.3 Å². The fourth-order valence-corrected chi connectivity index (χ4v) is 7.03. The van der Waals surface area contributed by atoms with Gasteiger partial charge >= 0.3 is 7.60 Å². The van der Waals surface area contributed by atoms with Gasteiger partial charge in [0.1, 0.15) is 0 Å². The molecule has 0 saturated carbocycles. The van der Waals surface area contributed by atoms with Crippen LogP contribution in [0.25, 0.3) is 0 Å². The molecule has 0 unspecified atom stereocenters. The van der Waals surface area contributed by atoms with E-state index < -0.39 is 7.60 Å². The largest absolute Gasteiger partial charge is 0.374 e. The van der Waals surface area contributed by atoms with Gasteiger partial charge in [-0.3, -0.25) is 9.46 Å². The highest BCUT2D eigenvalue weighted by Gasteiger charge is 2.37. The van der Waals surface area contributed by atoms with Gasteiger partial charge in [0.05, 0.1) is 39.1 Å². The molecule has 1 heterocycles. The highest BCUT2D eigenvalue weighted by atomic mass is 31.2. The van der Waals surface area contributed by atoms with E-state index in [1.807, 2.05) is 56.3 Å². The normalized spacial score (nSPS) is 18.8. The Labute approximate surface area is 245 Å². The second-order valence-electron chi connectivity index (χ2n) is 10.3. The van der Waals surface area contributed by atoms with Gasteiger partial charge in [0.2, 0.25) is 0 Å². The Kier molecular flexibility index (Phi) is 12.4. The second-order valence-corrected chi connectivity index (χ2v) is 12.2. The third-order valence-electron chi connectivity index (χ3n) is 7.46. The first-order valence-corrected chi connectivity index (χ1v) is 16.3. The Morgan fingerprint density at radius 3 is 2.00 bits per heavy atom. The van der Waals surface area contributed by atoms with Crippen molar-refractivity contribution in [3.05, 3.63) is 119 Å². The summed E-state index contributed by atoms with van der Waals surface area (Å²) in [4.78, 5) is 2.51. The Bertz CT molecular complexity index is 1230. The van der Waals surface area contributed by atoms with Crippen molar-refractivity contribution < 1.29 is 23.1 Å². The van der Waals surface area contributed by atoms with Gasteiger partial charge in [0.25, 0.3) is 0 Å². The summed E-state index contributed by atoms with van der Waals surface area (Å²) in [5.41, 5.74) is 4.58. The van der Waals surface area contributed by atoms with Gasteiger partial charge in [0, 0.05) is 24.4 Å². The molecule has 1 aliphatic rings. The summed E-state index contributed by atoms with van der Waals surface area (Å²) in [5.74, 6) is 1.76. The minimum atomic E-state index is -3.32. The quantitative estimate of drug-likeness (QED) is 0.170. The molecule has 3 aromatic carbocycles. The molecule has 0 amide bonds. The summed E-state index contributed by atoms with van der Waals surface area (Å²) in [6, 6.07) is 31.2. The molecule has 220 valence electrons. The minimum Gasteiger partial charge on any atom is -0.374 e. The van der Waals surface area contributed by atoms with Gasteiger partial charge in [-0.15, -0.1) is 0 Å². The number of likely N-dealkylation sites (tertiary alicyclic amines) is 1. The maximum atomic E-state index is 13.4. The maximum absolute atomic E-state index is 13.4. The standard InChI is InChI=1S/C34H44NO5P/c1-4-39-41(36,40-5-2)27-31-21-22-35(28(3)32-19-13-8-14-20-32)33(23-31)34(38-25-30-17-11-7-12-18-30)26-37-24-29-15-9-6-10-16-29/h6-20,27-28,33-34H,4-5,21-26H2,1-3H3/b31-27+/t28-,33+,34+/m0/s1. The molecule has 41 heavy (non-hydrogen) atoms. The molecule has 4 rings (SSSR count). The summed E-state index contributed by atoms with van der Waals surface area (Å²) in [7, 11) is -3.32. The third-order valence-corrected chi connectivity index (χ3v) is 9.37. The number of ether oxygens (including phenoxy) is 2. The second kappa shape index (κ2) is 16.2. The van der Waals surface area contributed by atoms with Crippen LogP contribution >= 0.6 is 7.60 Å². The Morgan fingerprint density at radius 2 is 1.41 bits per heavy atom. The van der Waals surface area contributed by atoms with E-state index >= 15 is 0 Å². The Morgan fingerprint density at radius 1 is 0.854 bits per heavy atom. The SMILES string of the molecule is CCOP(=O)(/C=C1\CCN([C@@H](C)c2ccccc2)[C@@H]([C@@H](COCc2ccccc2)OCc2ccccc2)C1)OCC. The van der Waals surface area contributed by atoms with Crippen molar-refractivity contribution in [2.75, 3.05) is 26.4 Å². The Hall–Kier alpha value is -2.57. The highest BCUT2D eigenvalue weighted by Crippen LogP contribution is 2.52. The van der Waals surface area contributed by atoms with Gasteiger partial charge in [0.15, 0.2) is 0 Å². The fraction of sp³-hybridized carbons (Fsp3) is 0.412. The van der Waals surface area contributed by atoms with Gasteiger partial charge in [-0.1, -0.05) is 96.6 Å². The first kappa shape index (κ1) is 31.4. The van der Waals surface area contributed by atoms with E-state index in [9.17, 15) is 4.57 Å². The molecule has 0 N–H and O–H groups in total. The third kappa shape index (κ3) is 9.47. The Balaban J connectivity index is 1.62. The van der Waals surface area contributed by atoms with Gasteiger partial charge in [-0.25, -0.2) is 0 Å². The molecule has 0 aromatic heterocycles. The highest BCUT2D eigenvalue weighted by molar-refractivity contribution is 7.57. The topological polar surface area (TPSA) is 57.2 Å². The molecule has 1 fully saturated rings. The molecule has 6 nitrogen and oxygen atoms in total.